The zero-order valence-corrected chi connectivity index (χ0v) is 12.3. The number of hydrogen-bond acceptors (Lipinski definition) is 4. The Balaban J connectivity index is 2.31. The minimum Gasteiger partial charge on any atom is -0.545 e. The number of carboxylic acids is 1. The van der Waals surface area contributed by atoms with Crippen molar-refractivity contribution in [3.63, 3.8) is 0 Å². The number of aliphatic imine (C=N–C) groups is 1. The summed E-state index contributed by atoms with van der Waals surface area (Å²) in [5.41, 5.74) is 1.43. The molecule has 5 heteroatoms. The zero-order valence-electron chi connectivity index (χ0n) is 10.7. The molecule has 0 N–H and O–H groups in total. The van der Waals surface area contributed by atoms with Gasteiger partial charge in [0.2, 0.25) is 0 Å². The summed E-state index contributed by atoms with van der Waals surface area (Å²) < 4.78 is 6.14. The topological polar surface area (TPSA) is 61.7 Å². The van der Waals surface area contributed by atoms with Crippen molar-refractivity contribution < 1.29 is 14.6 Å². The van der Waals surface area contributed by atoms with E-state index in [0.29, 0.717) is 11.4 Å². The molecule has 102 valence electrons. The minimum atomic E-state index is -1.22. The molecule has 0 atom stereocenters. The van der Waals surface area contributed by atoms with Crippen LogP contribution in [0.2, 0.25) is 0 Å². The van der Waals surface area contributed by atoms with E-state index in [1.54, 1.807) is 25.5 Å². The van der Waals surface area contributed by atoms with Crippen molar-refractivity contribution in [3.05, 3.63) is 58.1 Å². The number of aromatic carboxylic acids is 1. The monoisotopic (exact) mass is 332 g/mol. The lowest BCUT2D eigenvalue weighted by atomic mass is 10.2. The molecule has 0 aliphatic heterocycles. The average molecular weight is 333 g/mol. The lowest BCUT2D eigenvalue weighted by Crippen LogP contribution is -2.21. The number of halogens is 1. The molecule has 20 heavy (non-hydrogen) atoms. The van der Waals surface area contributed by atoms with Crippen LogP contribution in [0.5, 0.6) is 5.75 Å². The quantitative estimate of drug-likeness (QED) is 0.808. The first kappa shape index (κ1) is 14.3. The van der Waals surface area contributed by atoms with Gasteiger partial charge < -0.3 is 14.6 Å². The Kier molecular flexibility index (Phi) is 4.53. The van der Waals surface area contributed by atoms with E-state index >= 15 is 0 Å². The summed E-state index contributed by atoms with van der Waals surface area (Å²) in [6.45, 7) is 0. The van der Waals surface area contributed by atoms with Crippen LogP contribution in [0.25, 0.3) is 0 Å². The molecule has 0 bridgehead atoms. The van der Waals surface area contributed by atoms with Crippen LogP contribution in [0.3, 0.4) is 0 Å². The van der Waals surface area contributed by atoms with E-state index in [1.165, 1.54) is 12.1 Å². The van der Waals surface area contributed by atoms with Gasteiger partial charge in [-0.15, -0.1) is 0 Å². The Morgan fingerprint density at radius 2 is 2.10 bits per heavy atom. The fraction of sp³-hybridized carbons (Fsp3) is 0.0667. The molecule has 0 aliphatic carbocycles. The van der Waals surface area contributed by atoms with Crippen LogP contribution < -0.4 is 9.84 Å². The van der Waals surface area contributed by atoms with Gasteiger partial charge in [-0.05, 0) is 35.9 Å². The molecule has 0 fully saturated rings. The molecule has 2 aromatic rings. The van der Waals surface area contributed by atoms with Crippen LogP contribution in [-0.2, 0) is 0 Å². The number of nitrogens with zero attached hydrogens (tertiary/aromatic N) is 1. The molecule has 2 rings (SSSR count). The fourth-order valence-corrected chi connectivity index (χ4v) is 2.04. The van der Waals surface area contributed by atoms with E-state index in [2.05, 4.69) is 20.9 Å². The standard InChI is InChI=1S/C15H12BrNO3/c1-20-14-6-5-12(16)7-11(14)9-17-13-4-2-3-10(8-13)15(18)19/h2-9H,1H3,(H,18,19)/p-1. The van der Waals surface area contributed by atoms with Crippen LogP contribution in [-0.4, -0.2) is 19.3 Å². The third kappa shape index (κ3) is 3.45. The Bertz CT molecular complexity index is 668. The van der Waals surface area contributed by atoms with E-state index in [1.807, 2.05) is 18.2 Å². The third-order valence-corrected chi connectivity index (χ3v) is 3.12. The van der Waals surface area contributed by atoms with E-state index in [-0.39, 0.29) is 5.56 Å². The van der Waals surface area contributed by atoms with Gasteiger partial charge in [0.05, 0.1) is 18.8 Å². The second kappa shape index (κ2) is 6.34. The van der Waals surface area contributed by atoms with Gasteiger partial charge in [-0.2, -0.15) is 0 Å². The molecule has 4 nitrogen and oxygen atoms in total. The van der Waals surface area contributed by atoms with Gasteiger partial charge in [-0.25, -0.2) is 0 Å². The Morgan fingerprint density at radius 1 is 1.30 bits per heavy atom. The maximum absolute atomic E-state index is 10.8. The predicted octanol–water partition coefficient (Wildman–Crippen LogP) is 2.57. The normalized spacial score (nSPS) is 10.7. The summed E-state index contributed by atoms with van der Waals surface area (Å²) >= 11 is 3.38. The number of methoxy groups -OCH3 is 1. The molecular weight excluding hydrogens is 322 g/mol. The zero-order chi connectivity index (χ0) is 14.5. The number of carboxylic acid groups (broad SMARTS) is 1. The van der Waals surface area contributed by atoms with Gasteiger partial charge in [0, 0.05) is 16.3 Å². The maximum Gasteiger partial charge on any atom is 0.127 e. The molecule has 0 amide bonds. The highest BCUT2D eigenvalue weighted by molar-refractivity contribution is 9.10. The van der Waals surface area contributed by atoms with E-state index < -0.39 is 5.97 Å². The van der Waals surface area contributed by atoms with E-state index in [0.717, 1.165) is 10.0 Å². The summed E-state index contributed by atoms with van der Waals surface area (Å²) in [6, 6.07) is 11.8. The summed E-state index contributed by atoms with van der Waals surface area (Å²) in [4.78, 5) is 15.0. The molecule has 0 radical (unpaired) electrons. The van der Waals surface area contributed by atoms with Crippen LogP contribution in [0.15, 0.2) is 51.9 Å². The molecule has 0 aromatic heterocycles. The Labute approximate surface area is 124 Å². The first-order chi connectivity index (χ1) is 9.60. The predicted molar refractivity (Wildman–Crippen MR) is 78.7 cm³/mol. The number of hydrogen-bond donors (Lipinski definition) is 0. The van der Waals surface area contributed by atoms with Gasteiger partial charge in [-0.1, -0.05) is 28.1 Å². The molecule has 0 spiro atoms. The first-order valence-electron chi connectivity index (χ1n) is 5.79. The SMILES string of the molecule is COc1ccc(Br)cc1C=Nc1cccc(C(=O)[O-])c1. The molecule has 0 aliphatic rings. The summed E-state index contributed by atoms with van der Waals surface area (Å²) in [6.07, 6.45) is 1.62. The highest BCUT2D eigenvalue weighted by atomic mass is 79.9. The van der Waals surface area contributed by atoms with Crippen LogP contribution in [0.1, 0.15) is 15.9 Å². The van der Waals surface area contributed by atoms with Crippen LogP contribution in [0, 0.1) is 0 Å². The lowest BCUT2D eigenvalue weighted by Gasteiger charge is -2.05. The highest BCUT2D eigenvalue weighted by Crippen LogP contribution is 2.22. The number of rotatable bonds is 4. The smallest absolute Gasteiger partial charge is 0.127 e. The largest absolute Gasteiger partial charge is 0.545 e. The Hall–Kier alpha value is -2.14. The fourth-order valence-electron chi connectivity index (χ4n) is 1.66. The highest BCUT2D eigenvalue weighted by Gasteiger charge is 2.01. The van der Waals surface area contributed by atoms with Gasteiger partial charge in [0.1, 0.15) is 5.75 Å². The number of benzene rings is 2. The van der Waals surface area contributed by atoms with Gasteiger partial charge in [0.15, 0.2) is 0 Å². The summed E-state index contributed by atoms with van der Waals surface area (Å²) in [5, 5.41) is 10.8. The molecular formula is C15H11BrNO3-. The first-order valence-corrected chi connectivity index (χ1v) is 6.58. The van der Waals surface area contributed by atoms with Crippen LogP contribution >= 0.6 is 15.9 Å². The van der Waals surface area contributed by atoms with Crippen molar-refractivity contribution in [2.75, 3.05) is 7.11 Å². The van der Waals surface area contributed by atoms with Crippen molar-refractivity contribution in [2.45, 2.75) is 0 Å². The maximum atomic E-state index is 10.8. The van der Waals surface area contributed by atoms with Crippen molar-refractivity contribution in [1.82, 2.24) is 0 Å². The van der Waals surface area contributed by atoms with E-state index in [9.17, 15) is 9.90 Å². The number of carbonyl (C=O) groups excluding carboxylic acids is 1. The minimum absolute atomic E-state index is 0.0980. The van der Waals surface area contributed by atoms with Gasteiger partial charge >= 0.3 is 0 Å². The summed E-state index contributed by atoms with van der Waals surface area (Å²) in [5.74, 6) is -0.532. The third-order valence-electron chi connectivity index (χ3n) is 2.63. The molecule has 2 aromatic carbocycles. The molecule has 0 heterocycles. The number of carbonyl (C=O) groups is 1. The number of ether oxygens (including phenoxy) is 1. The lowest BCUT2D eigenvalue weighted by molar-refractivity contribution is -0.255. The van der Waals surface area contributed by atoms with Crippen molar-refractivity contribution in [1.29, 1.82) is 0 Å². The van der Waals surface area contributed by atoms with Gasteiger partial charge in [0.25, 0.3) is 0 Å². The Morgan fingerprint density at radius 3 is 2.80 bits per heavy atom. The van der Waals surface area contributed by atoms with Crippen LogP contribution in [0.4, 0.5) is 5.69 Å². The van der Waals surface area contributed by atoms with E-state index in [4.69, 9.17) is 4.74 Å². The summed E-state index contributed by atoms with van der Waals surface area (Å²) in [7, 11) is 1.58. The van der Waals surface area contributed by atoms with Gasteiger partial charge in [-0.3, -0.25) is 4.99 Å². The molecule has 0 saturated heterocycles. The second-order valence-corrected chi connectivity index (χ2v) is 4.90. The molecule has 0 saturated carbocycles. The van der Waals surface area contributed by atoms with Crippen molar-refractivity contribution in [2.24, 2.45) is 4.99 Å². The van der Waals surface area contributed by atoms with Crippen molar-refractivity contribution in [3.8, 4) is 5.75 Å². The molecule has 0 unspecified atom stereocenters. The average Bonchev–Trinajstić information content (AvgIpc) is 2.45. The second-order valence-electron chi connectivity index (χ2n) is 3.98. The van der Waals surface area contributed by atoms with Crippen molar-refractivity contribution >= 4 is 33.8 Å².